The lowest BCUT2D eigenvalue weighted by molar-refractivity contribution is 0.462. The van der Waals surface area contributed by atoms with Gasteiger partial charge in [0.05, 0.1) is 0 Å². The molecule has 0 amide bonds. The lowest BCUT2D eigenvalue weighted by Gasteiger charge is -2.14. The van der Waals surface area contributed by atoms with Crippen molar-refractivity contribution in [3.05, 3.63) is 54.1 Å². The molecule has 2 aromatic rings. The number of benzene rings is 2. The molecule has 28 heavy (non-hydrogen) atoms. The largest absolute Gasteiger partial charge is 0.457 e. The summed E-state index contributed by atoms with van der Waals surface area (Å²) in [6.07, 6.45) is 11.3. The minimum atomic E-state index is -4.29. The van der Waals surface area contributed by atoms with E-state index in [2.05, 4.69) is 6.92 Å². The Balaban J connectivity index is 1.96. The molecule has 0 aromatic heterocycles. The second kappa shape index (κ2) is 11.9. The van der Waals surface area contributed by atoms with Gasteiger partial charge in [0.25, 0.3) is 10.1 Å². The Bertz CT molecular complexity index is 801. The molecule has 0 heterocycles. The van der Waals surface area contributed by atoms with E-state index in [1.165, 1.54) is 44.6 Å². The first-order chi connectivity index (χ1) is 13.5. The molecule has 1 N–H and O–H groups in total. The molecule has 0 saturated carbocycles. The van der Waals surface area contributed by atoms with Crippen LogP contribution in [0.5, 0.6) is 11.5 Å². The number of para-hydroxylation sites is 1. The average molecular weight is 405 g/mol. The van der Waals surface area contributed by atoms with E-state index in [4.69, 9.17) is 4.74 Å². The fraction of sp³-hybridized carbons (Fsp3) is 0.478. The van der Waals surface area contributed by atoms with Crippen molar-refractivity contribution >= 4 is 10.1 Å². The number of hydrogen-bond donors (Lipinski definition) is 1. The van der Waals surface area contributed by atoms with Crippen molar-refractivity contribution < 1.29 is 17.7 Å². The molecule has 2 aromatic carbocycles. The van der Waals surface area contributed by atoms with Gasteiger partial charge in [-0.1, -0.05) is 82.6 Å². The van der Waals surface area contributed by atoms with Crippen molar-refractivity contribution in [2.24, 2.45) is 0 Å². The Morgan fingerprint density at radius 3 is 2.00 bits per heavy atom. The first kappa shape index (κ1) is 22.4. The summed E-state index contributed by atoms with van der Waals surface area (Å²) in [7, 11) is -4.29. The molecule has 0 aliphatic heterocycles. The third kappa shape index (κ3) is 7.64. The maximum absolute atomic E-state index is 11.8. The maximum atomic E-state index is 11.8. The number of unbranched alkanes of at least 4 members (excludes halogenated alkanes) is 8. The lowest BCUT2D eigenvalue weighted by Crippen LogP contribution is -2.05. The highest BCUT2D eigenvalue weighted by atomic mass is 32.2. The van der Waals surface area contributed by atoms with Gasteiger partial charge in [-0.25, -0.2) is 0 Å². The summed E-state index contributed by atoms with van der Waals surface area (Å²) in [5, 5.41) is 0. The molecule has 5 heteroatoms. The molecule has 0 aliphatic rings. The maximum Gasteiger partial charge on any atom is 0.294 e. The molecule has 0 saturated heterocycles. The number of rotatable bonds is 13. The van der Waals surface area contributed by atoms with Crippen LogP contribution in [0, 0.1) is 0 Å². The quantitative estimate of drug-likeness (QED) is 0.294. The van der Waals surface area contributed by atoms with Crippen LogP contribution in [0.3, 0.4) is 0 Å². The normalized spacial score (nSPS) is 11.5. The summed E-state index contributed by atoms with van der Waals surface area (Å²) in [5.74, 6) is 1.13. The molecule has 0 bridgehead atoms. The second-order valence-corrected chi connectivity index (χ2v) is 8.59. The molecule has 0 unspecified atom stereocenters. The van der Waals surface area contributed by atoms with Gasteiger partial charge in [-0.3, -0.25) is 4.55 Å². The molecule has 0 radical (unpaired) electrons. The van der Waals surface area contributed by atoms with Crippen LogP contribution in [0.1, 0.15) is 70.3 Å². The van der Waals surface area contributed by atoms with E-state index in [1.807, 2.05) is 30.3 Å². The Hall–Kier alpha value is -1.85. The predicted molar refractivity (Wildman–Crippen MR) is 114 cm³/mol. The van der Waals surface area contributed by atoms with Crippen LogP contribution in [-0.2, 0) is 16.5 Å². The standard InChI is InChI=1S/C23H32O4S/c1-2-3-4-5-6-7-8-9-13-17-21-22(27-20-15-11-10-12-16-20)18-14-19-23(21)28(24,25)26/h10-12,14-16,18-19H,2-9,13,17H2,1H3,(H,24,25,26). The fourth-order valence-electron chi connectivity index (χ4n) is 3.36. The molecule has 0 fully saturated rings. The van der Waals surface area contributed by atoms with Crippen LogP contribution in [-0.4, -0.2) is 13.0 Å². The zero-order valence-electron chi connectivity index (χ0n) is 16.8. The third-order valence-electron chi connectivity index (χ3n) is 4.87. The van der Waals surface area contributed by atoms with Crippen LogP contribution < -0.4 is 4.74 Å². The van der Waals surface area contributed by atoms with Gasteiger partial charge in [-0.15, -0.1) is 0 Å². The second-order valence-electron chi connectivity index (χ2n) is 7.20. The van der Waals surface area contributed by atoms with Crippen molar-refractivity contribution in [2.45, 2.75) is 76.0 Å². The molecular weight excluding hydrogens is 372 g/mol. The van der Waals surface area contributed by atoms with E-state index >= 15 is 0 Å². The van der Waals surface area contributed by atoms with Gasteiger partial charge >= 0.3 is 0 Å². The third-order valence-corrected chi connectivity index (χ3v) is 5.81. The Labute approximate surface area is 169 Å². The van der Waals surface area contributed by atoms with E-state index < -0.39 is 10.1 Å². The first-order valence-electron chi connectivity index (χ1n) is 10.3. The van der Waals surface area contributed by atoms with Crippen LogP contribution in [0.15, 0.2) is 53.4 Å². The van der Waals surface area contributed by atoms with Crippen molar-refractivity contribution in [3.63, 3.8) is 0 Å². The summed E-state index contributed by atoms with van der Waals surface area (Å²) in [5.41, 5.74) is 0.553. The van der Waals surface area contributed by atoms with Crippen LogP contribution in [0.25, 0.3) is 0 Å². The minimum Gasteiger partial charge on any atom is -0.457 e. The average Bonchev–Trinajstić information content (AvgIpc) is 2.67. The zero-order valence-corrected chi connectivity index (χ0v) is 17.6. The Kier molecular flexibility index (Phi) is 9.51. The highest BCUT2D eigenvalue weighted by molar-refractivity contribution is 7.85. The van der Waals surface area contributed by atoms with Gasteiger partial charge in [0, 0.05) is 5.56 Å². The molecule has 2 rings (SSSR count). The topological polar surface area (TPSA) is 63.6 Å². The SMILES string of the molecule is CCCCCCCCCCCc1c(Oc2ccccc2)cccc1S(=O)(=O)O. The molecule has 4 nitrogen and oxygen atoms in total. The van der Waals surface area contributed by atoms with Crippen molar-refractivity contribution in [1.82, 2.24) is 0 Å². The summed E-state index contributed by atoms with van der Waals surface area (Å²) < 4.78 is 39.2. The van der Waals surface area contributed by atoms with Gasteiger partial charge in [0.2, 0.25) is 0 Å². The van der Waals surface area contributed by atoms with E-state index in [-0.39, 0.29) is 4.90 Å². The van der Waals surface area contributed by atoms with Gasteiger partial charge < -0.3 is 4.74 Å². The van der Waals surface area contributed by atoms with Crippen LogP contribution in [0.4, 0.5) is 0 Å². The number of ether oxygens (including phenoxy) is 1. The number of hydrogen-bond acceptors (Lipinski definition) is 3. The van der Waals surface area contributed by atoms with Crippen molar-refractivity contribution in [3.8, 4) is 11.5 Å². The van der Waals surface area contributed by atoms with Gasteiger partial charge in [-0.05, 0) is 37.1 Å². The molecule has 0 spiro atoms. The Morgan fingerprint density at radius 2 is 1.39 bits per heavy atom. The highest BCUT2D eigenvalue weighted by Crippen LogP contribution is 2.31. The lowest BCUT2D eigenvalue weighted by atomic mass is 10.0. The van der Waals surface area contributed by atoms with E-state index in [0.29, 0.717) is 23.5 Å². The summed E-state index contributed by atoms with van der Waals surface area (Å²) in [4.78, 5) is -0.0551. The predicted octanol–water partition coefficient (Wildman–Crippen LogP) is 6.80. The van der Waals surface area contributed by atoms with E-state index in [9.17, 15) is 13.0 Å². The van der Waals surface area contributed by atoms with Crippen LogP contribution in [0.2, 0.25) is 0 Å². The summed E-state index contributed by atoms with van der Waals surface area (Å²) >= 11 is 0. The van der Waals surface area contributed by atoms with Gasteiger partial charge in [-0.2, -0.15) is 8.42 Å². The fourth-order valence-corrected chi connectivity index (χ4v) is 4.12. The smallest absolute Gasteiger partial charge is 0.294 e. The van der Waals surface area contributed by atoms with Gasteiger partial charge in [0.15, 0.2) is 0 Å². The molecular formula is C23H32O4S. The highest BCUT2D eigenvalue weighted by Gasteiger charge is 2.19. The van der Waals surface area contributed by atoms with E-state index in [1.54, 1.807) is 12.1 Å². The minimum absolute atomic E-state index is 0.0551. The summed E-state index contributed by atoms with van der Waals surface area (Å²) in [6, 6.07) is 14.1. The van der Waals surface area contributed by atoms with E-state index in [0.717, 1.165) is 19.3 Å². The zero-order chi connectivity index (χ0) is 20.2. The van der Waals surface area contributed by atoms with Gasteiger partial charge in [0.1, 0.15) is 16.4 Å². The molecule has 0 atom stereocenters. The first-order valence-corrected chi connectivity index (χ1v) is 11.8. The molecule has 154 valence electrons. The van der Waals surface area contributed by atoms with Crippen LogP contribution >= 0.6 is 0 Å². The summed E-state index contributed by atoms with van der Waals surface area (Å²) in [6.45, 7) is 2.22. The molecule has 0 aliphatic carbocycles. The Morgan fingerprint density at radius 1 is 0.786 bits per heavy atom. The monoisotopic (exact) mass is 404 g/mol. The van der Waals surface area contributed by atoms with Crippen molar-refractivity contribution in [1.29, 1.82) is 0 Å². The van der Waals surface area contributed by atoms with Crippen molar-refractivity contribution in [2.75, 3.05) is 0 Å².